The molecule has 5 nitrogen and oxygen atoms in total. The zero-order chi connectivity index (χ0) is 21.4. The summed E-state index contributed by atoms with van der Waals surface area (Å²) in [4.78, 5) is 24.8. The zero-order valence-electron chi connectivity index (χ0n) is 17.1. The van der Waals surface area contributed by atoms with E-state index in [0.717, 1.165) is 33.2 Å². The highest BCUT2D eigenvalue weighted by molar-refractivity contribution is 6.30. The molecule has 4 aromatic rings. The molecule has 1 N–H and O–H groups in total. The molecule has 2 heterocycles. The van der Waals surface area contributed by atoms with Crippen molar-refractivity contribution in [2.24, 2.45) is 0 Å². The molecule has 1 amide bonds. The summed E-state index contributed by atoms with van der Waals surface area (Å²) < 4.78 is 11.3. The lowest BCUT2D eigenvalue weighted by atomic mass is 10.0. The number of amides is 1. The second-order valence-corrected chi connectivity index (χ2v) is 7.96. The average Bonchev–Trinajstić information content (AvgIpc) is 2.98. The Bertz CT molecular complexity index is 1330. The van der Waals surface area contributed by atoms with Crippen LogP contribution in [-0.4, -0.2) is 5.91 Å². The number of fused-ring (bicyclic) bond motifs is 2. The quantitative estimate of drug-likeness (QED) is 0.438. The van der Waals surface area contributed by atoms with Gasteiger partial charge in [0.25, 0.3) is 0 Å². The van der Waals surface area contributed by atoms with Crippen molar-refractivity contribution in [3.8, 4) is 0 Å². The van der Waals surface area contributed by atoms with Crippen molar-refractivity contribution in [2.45, 2.75) is 40.2 Å². The fraction of sp³-hybridized carbons (Fsp3) is 0.250. The van der Waals surface area contributed by atoms with Crippen LogP contribution < -0.4 is 10.9 Å². The summed E-state index contributed by atoms with van der Waals surface area (Å²) in [6.45, 7) is 6.21. The highest BCUT2D eigenvalue weighted by Gasteiger charge is 2.16. The van der Waals surface area contributed by atoms with Gasteiger partial charge in [-0.3, -0.25) is 4.79 Å². The molecule has 0 aliphatic heterocycles. The third-order valence-electron chi connectivity index (χ3n) is 5.56. The lowest BCUT2D eigenvalue weighted by Gasteiger charge is -2.09. The number of carbonyl (C=O) groups excluding carboxylic acids is 1. The van der Waals surface area contributed by atoms with E-state index in [1.165, 1.54) is 0 Å². The first-order valence-corrected chi connectivity index (χ1v) is 10.2. The van der Waals surface area contributed by atoms with Gasteiger partial charge in [0, 0.05) is 40.4 Å². The molecule has 4 rings (SSSR count). The summed E-state index contributed by atoms with van der Waals surface area (Å²) in [5.41, 5.74) is 4.14. The number of hydrogen-bond donors (Lipinski definition) is 1. The lowest BCUT2D eigenvalue weighted by Crippen LogP contribution is -2.24. The van der Waals surface area contributed by atoms with Crippen LogP contribution >= 0.6 is 11.6 Å². The van der Waals surface area contributed by atoms with Crippen LogP contribution in [0.25, 0.3) is 21.9 Å². The van der Waals surface area contributed by atoms with Crippen LogP contribution in [0.5, 0.6) is 0 Å². The predicted molar refractivity (Wildman–Crippen MR) is 118 cm³/mol. The van der Waals surface area contributed by atoms with Crippen LogP contribution in [0.15, 0.2) is 50.0 Å². The Hall–Kier alpha value is -3.05. The molecule has 0 saturated heterocycles. The summed E-state index contributed by atoms with van der Waals surface area (Å²) in [7, 11) is 0. The molecule has 0 radical (unpaired) electrons. The van der Waals surface area contributed by atoms with Crippen molar-refractivity contribution in [3.63, 3.8) is 0 Å². The van der Waals surface area contributed by atoms with Crippen molar-refractivity contribution in [1.82, 2.24) is 5.32 Å². The molecule has 0 aliphatic rings. The van der Waals surface area contributed by atoms with E-state index in [4.69, 9.17) is 20.4 Å². The van der Waals surface area contributed by atoms with E-state index in [1.807, 2.05) is 45.0 Å². The first-order valence-electron chi connectivity index (χ1n) is 9.80. The van der Waals surface area contributed by atoms with E-state index in [1.54, 1.807) is 12.1 Å². The minimum absolute atomic E-state index is 0.134. The molecule has 30 heavy (non-hydrogen) atoms. The van der Waals surface area contributed by atoms with E-state index < -0.39 is 5.63 Å². The van der Waals surface area contributed by atoms with E-state index in [-0.39, 0.29) is 12.3 Å². The number of rotatable bonds is 5. The maximum Gasteiger partial charge on any atom is 0.339 e. The highest BCUT2D eigenvalue weighted by atomic mass is 35.5. The van der Waals surface area contributed by atoms with Gasteiger partial charge in [0.05, 0.1) is 0 Å². The molecular formula is C24H22ClNO4. The fourth-order valence-electron chi connectivity index (χ4n) is 3.69. The van der Waals surface area contributed by atoms with Crippen molar-refractivity contribution < 1.29 is 13.6 Å². The minimum atomic E-state index is -0.415. The molecule has 0 spiro atoms. The summed E-state index contributed by atoms with van der Waals surface area (Å²) >= 11 is 5.97. The fourth-order valence-corrected chi connectivity index (χ4v) is 3.90. The van der Waals surface area contributed by atoms with Gasteiger partial charge in [-0.15, -0.1) is 0 Å². The average molecular weight is 424 g/mol. The van der Waals surface area contributed by atoms with E-state index in [2.05, 4.69) is 5.32 Å². The van der Waals surface area contributed by atoms with E-state index in [0.29, 0.717) is 34.7 Å². The van der Waals surface area contributed by atoms with Crippen LogP contribution in [0.3, 0.4) is 0 Å². The molecule has 0 saturated carbocycles. The summed E-state index contributed by atoms with van der Waals surface area (Å²) in [6.07, 6.45) is 0.511. The Morgan fingerprint density at radius 3 is 2.50 bits per heavy atom. The topological polar surface area (TPSA) is 72.5 Å². The van der Waals surface area contributed by atoms with Gasteiger partial charge in [0.1, 0.15) is 16.9 Å². The lowest BCUT2D eigenvalue weighted by molar-refractivity contribution is -0.121. The summed E-state index contributed by atoms with van der Waals surface area (Å²) in [5.74, 6) is 0.711. The van der Waals surface area contributed by atoms with Gasteiger partial charge in [-0.1, -0.05) is 23.7 Å². The van der Waals surface area contributed by atoms with Gasteiger partial charge >= 0.3 is 5.63 Å². The molecule has 0 atom stereocenters. The third kappa shape index (κ3) is 3.85. The molecular weight excluding hydrogens is 402 g/mol. The molecule has 2 aromatic heterocycles. The Balaban J connectivity index is 1.54. The Morgan fingerprint density at radius 2 is 1.73 bits per heavy atom. The number of furan rings is 1. The number of nitrogens with one attached hydrogen (secondary N) is 1. The maximum atomic E-state index is 12.5. The van der Waals surface area contributed by atoms with Crippen molar-refractivity contribution in [2.75, 3.05) is 0 Å². The smallest absolute Gasteiger partial charge is 0.339 e. The molecule has 6 heteroatoms. The van der Waals surface area contributed by atoms with Gasteiger partial charge < -0.3 is 14.2 Å². The molecule has 0 bridgehead atoms. The molecule has 0 fully saturated rings. The highest BCUT2D eigenvalue weighted by Crippen LogP contribution is 2.31. The number of benzene rings is 2. The standard InChI is InChI=1S/C24H22ClNO4/c1-13-15(3)29-21-11-22-20(10-19(13)21)14(2)18(24(28)30-22)7-8-23(27)26-12-16-5-4-6-17(25)9-16/h4-6,9-11H,7-8,12H2,1-3H3,(H,26,27). The number of aryl methyl sites for hydroxylation is 3. The van der Waals surface area contributed by atoms with E-state index in [9.17, 15) is 9.59 Å². The monoisotopic (exact) mass is 423 g/mol. The predicted octanol–water partition coefficient (Wildman–Crippen LogP) is 5.37. The van der Waals surface area contributed by atoms with Crippen molar-refractivity contribution in [3.05, 3.63) is 79.9 Å². The molecule has 154 valence electrons. The number of hydrogen-bond acceptors (Lipinski definition) is 4. The molecule has 0 unspecified atom stereocenters. The largest absolute Gasteiger partial charge is 0.461 e. The third-order valence-corrected chi connectivity index (χ3v) is 5.80. The normalized spacial score (nSPS) is 11.3. The number of carbonyl (C=O) groups is 1. The Morgan fingerprint density at radius 1 is 1.00 bits per heavy atom. The van der Waals surface area contributed by atoms with Gasteiger partial charge in [-0.25, -0.2) is 4.79 Å². The second-order valence-electron chi connectivity index (χ2n) is 7.53. The van der Waals surface area contributed by atoms with Crippen LogP contribution in [0.4, 0.5) is 0 Å². The van der Waals surface area contributed by atoms with Gasteiger partial charge in [0.2, 0.25) is 5.91 Å². The summed E-state index contributed by atoms with van der Waals surface area (Å²) in [5, 5.41) is 5.36. The van der Waals surface area contributed by atoms with Gasteiger partial charge in [0.15, 0.2) is 0 Å². The Labute approximate surface area is 178 Å². The number of halogens is 1. The second kappa shape index (κ2) is 8.00. The maximum absolute atomic E-state index is 12.5. The van der Waals surface area contributed by atoms with Gasteiger partial charge in [-0.2, -0.15) is 0 Å². The van der Waals surface area contributed by atoms with Crippen LogP contribution in [-0.2, 0) is 17.8 Å². The van der Waals surface area contributed by atoms with E-state index >= 15 is 0 Å². The first kappa shape index (κ1) is 20.2. The minimum Gasteiger partial charge on any atom is -0.461 e. The first-order chi connectivity index (χ1) is 14.3. The summed E-state index contributed by atoms with van der Waals surface area (Å²) in [6, 6.07) is 11.1. The Kier molecular flexibility index (Phi) is 5.39. The van der Waals surface area contributed by atoms with Crippen LogP contribution in [0.1, 0.15) is 34.4 Å². The molecule has 0 aliphatic carbocycles. The van der Waals surface area contributed by atoms with Crippen molar-refractivity contribution >= 4 is 39.4 Å². The van der Waals surface area contributed by atoms with Crippen LogP contribution in [0, 0.1) is 20.8 Å². The van der Waals surface area contributed by atoms with Gasteiger partial charge in [-0.05, 0) is 62.1 Å². The molecule has 2 aromatic carbocycles. The van der Waals surface area contributed by atoms with Crippen LogP contribution in [0.2, 0.25) is 5.02 Å². The van der Waals surface area contributed by atoms with Crippen molar-refractivity contribution in [1.29, 1.82) is 0 Å². The zero-order valence-corrected chi connectivity index (χ0v) is 17.9. The SMILES string of the molecule is Cc1oc2cc3oc(=O)c(CCC(=O)NCc4cccc(Cl)c4)c(C)c3cc2c1C.